The third kappa shape index (κ3) is 5.71. The molecule has 0 aliphatic carbocycles. The average molecular weight is 443 g/mol. The second kappa shape index (κ2) is 10.3. The SMILES string of the molecule is SCc1ccc(CP(Br)CCC(c2ccccc2)c2ccccc2)cc1. The molecule has 0 N–H and O–H groups in total. The van der Waals surface area contributed by atoms with E-state index in [-0.39, 0.29) is 6.62 Å². The Morgan fingerprint density at radius 2 is 1.23 bits per heavy atom. The third-order valence-corrected chi connectivity index (χ3v) is 8.26. The average Bonchev–Trinajstić information content (AvgIpc) is 2.70. The molecule has 1 unspecified atom stereocenters. The zero-order valence-electron chi connectivity index (χ0n) is 14.8. The van der Waals surface area contributed by atoms with Crippen LogP contribution in [0.15, 0.2) is 84.9 Å². The zero-order chi connectivity index (χ0) is 18.2. The van der Waals surface area contributed by atoms with Crippen LogP contribution in [0.3, 0.4) is 0 Å². The summed E-state index contributed by atoms with van der Waals surface area (Å²) in [6.45, 7) is -0.191. The summed E-state index contributed by atoms with van der Waals surface area (Å²) in [4.78, 5) is 0. The molecule has 0 aromatic heterocycles. The Hall–Kier alpha value is -1.08. The quantitative estimate of drug-likeness (QED) is 0.269. The molecular weight excluding hydrogens is 419 g/mol. The predicted octanol–water partition coefficient (Wildman–Crippen LogP) is 7.63. The third-order valence-electron chi connectivity index (χ3n) is 4.62. The van der Waals surface area contributed by atoms with Crippen molar-refractivity contribution < 1.29 is 0 Å². The van der Waals surface area contributed by atoms with Gasteiger partial charge >= 0.3 is 0 Å². The van der Waals surface area contributed by atoms with Gasteiger partial charge in [-0.25, -0.2) is 0 Å². The van der Waals surface area contributed by atoms with Crippen LogP contribution in [-0.2, 0) is 11.9 Å². The molecule has 3 aromatic carbocycles. The first-order valence-corrected chi connectivity index (χ1v) is 13.3. The molecule has 0 fully saturated rings. The van der Waals surface area contributed by atoms with Gasteiger partial charge in [-0.2, -0.15) is 12.6 Å². The highest BCUT2D eigenvalue weighted by Gasteiger charge is 2.16. The van der Waals surface area contributed by atoms with Crippen LogP contribution in [0.4, 0.5) is 0 Å². The lowest BCUT2D eigenvalue weighted by atomic mass is 9.89. The maximum atomic E-state index is 4.33. The van der Waals surface area contributed by atoms with Crippen LogP contribution in [0, 0.1) is 0 Å². The summed E-state index contributed by atoms with van der Waals surface area (Å²) in [6.07, 6.45) is 3.50. The normalized spacial score (nSPS) is 12.3. The van der Waals surface area contributed by atoms with Gasteiger partial charge in [0.2, 0.25) is 0 Å². The number of thiol groups is 1. The molecule has 0 nitrogen and oxygen atoms in total. The van der Waals surface area contributed by atoms with Gasteiger partial charge in [-0.3, -0.25) is 0 Å². The highest BCUT2D eigenvalue weighted by molar-refractivity contribution is 9.39. The van der Waals surface area contributed by atoms with Gasteiger partial charge in [0.05, 0.1) is 0 Å². The lowest BCUT2D eigenvalue weighted by molar-refractivity contribution is 0.783. The highest BCUT2D eigenvalue weighted by atomic mass is 79.9. The van der Waals surface area contributed by atoms with Crippen molar-refractivity contribution in [3.05, 3.63) is 107 Å². The van der Waals surface area contributed by atoms with E-state index >= 15 is 0 Å². The molecule has 3 rings (SSSR count). The van der Waals surface area contributed by atoms with E-state index in [1.807, 2.05) is 0 Å². The standard InChI is InChI=1S/C23H24BrPS/c24-25(17-19-11-13-20(18-26)14-12-19)16-15-23(21-7-3-1-4-8-21)22-9-5-2-6-10-22/h1-14,23,26H,15-18H2. The summed E-state index contributed by atoms with van der Waals surface area (Å²) in [5.41, 5.74) is 5.51. The lowest BCUT2D eigenvalue weighted by Gasteiger charge is -2.20. The van der Waals surface area contributed by atoms with Crippen molar-refractivity contribution in [1.82, 2.24) is 0 Å². The minimum absolute atomic E-state index is 0.191. The monoisotopic (exact) mass is 442 g/mol. The first-order valence-electron chi connectivity index (χ1n) is 8.95. The topological polar surface area (TPSA) is 0 Å². The Morgan fingerprint density at radius 1 is 0.731 bits per heavy atom. The minimum Gasteiger partial charge on any atom is -0.175 e. The van der Waals surface area contributed by atoms with Crippen LogP contribution < -0.4 is 0 Å². The maximum absolute atomic E-state index is 4.33. The fourth-order valence-electron chi connectivity index (χ4n) is 3.19. The number of rotatable bonds is 8. The van der Waals surface area contributed by atoms with Crippen LogP contribution in [0.5, 0.6) is 0 Å². The number of halogens is 1. The highest BCUT2D eigenvalue weighted by Crippen LogP contribution is 2.49. The first kappa shape index (κ1) is 19.7. The molecule has 0 radical (unpaired) electrons. The fourth-order valence-corrected chi connectivity index (χ4v) is 6.19. The van der Waals surface area contributed by atoms with E-state index in [1.165, 1.54) is 34.8 Å². The van der Waals surface area contributed by atoms with E-state index in [0.29, 0.717) is 5.92 Å². The molecule has 0 aliphatic rings. The smallest absolute Gasteiger partial charge is 0.0154 e. The van der Waals surface area contributed by atoms with Crippen LogP contribution in [0.2, 0.25) is 0 Å². The van der Waals surface area contributed by atoms with Crippen molar-refractivity contribution in [1.29, 1.82) is 0 Å². The molecular formula is C23H24BrPS. The molecule has 26 heavy (non-hydrogen) atoms. The molecule has 134 valence electrons. The van der Waals surface area contributed by atoms with Crippen molar-refractivity contribution >= 4 is 34.7 Å². The van der Waals surface area contributed by atoms with E-state index < -0.39 is 0 Å². The van der Waals surface area contributed by atoms with Crippen LogP contribution in [0.1, 0.15) is 34.6 Å². The van der Waals surface area contributed by atoms with Crippen molar-refractivity contribution in [2.24, 2.45) is 0 Å². The molecule has 0 heterocycles. The second-order valence-electron chi connectivity index (χ2n) is 6.48. The molecule has 0 spiro atoms. The molecule has 0 aliphatic heterocycles. The van der Waals surface area contributed by atoms with Crippen molar-refractivity contribution in [2.45, 2.75) is 24.3 Å². The predicted molar refractivity (Wildman–Crippen MR) is 123 cm³/mol. The van der Waals surface area contributed by atoms with Gasteiger partial charge in [0.15, 0.2) is 0 Å². The summed E-state index contributed by atoms with van der Waals surface area (Å²) in [6, 6.07) is 30.7. The summed E-state index contributed by atoms with van der Waals surface area (Å²) in [5.74, 6) is 1.27. The summed E-state index contributed by atoms with van der Waals surface area (Å²) in [5, 5.41) is 0. The Labute approximate surface area is 172 Å². The largest absolute Gasteiger partial charge is 0.175 e. The van der Waals surface area contributed by atoms with Crippen LogP contribution in [-0.4, -0.2) is 6.16 Å². The van der Waals surface area contributed by atoms with Gasteiger partial charge in [-0.15, -0.1) is 0 Å². The molecule has 0 amide bonds. The van der Waals surface area contributed by atoms with Crippen molar-refractivity contribution in [3.63, 3.8) is 0 Å². The van der Waals surface area contributed by atoms with Crippen LogP contribution in [0.25, 0.3) is 0 Å². The number of benzene rings is 3. The second-order valence-corrected chi connectivity index (χ2v) is 11.5. The summed E-state index contributed by atoms with van der Waals surface area (Å²) in [7, 11) is 0. The van der Waals surface area contributed by atoms with Crippen LogP contribution >= 0.6 is 34.7 Å². The fraction of sp³-hybridized carbons (Fsp3) is 0.217. The van der Waals surface area contributed by atoms with Crippen molar-refractivity contribution in [2.75, 3.05) is 6.16 Å². The number of hydrogen-bond donors (Lipinski definition) is 1. The maximum Gasteiger partial charge on any atom is 0.0154 e. The lowest BCUT2D eigenvalue weighted by Crippen LogP contribution is -2.03. The Bertz CT molecular complexity index is 735. The Morgan fingerprint density at radius 3 is 1.73 bits per heavy atom. The first-order chi connectivity index (χ1) is 12.8. The molecule has 0 saturated heterocycles. The van der Waals surface area contributed by atoms with E-state index in [2.05, 4.69) is 113 Å². The molecule has 1 atom stereocenters. The van der Waals surface area contributed by atoms with Gasteiger partial charge in [0.25, 0.3) is 0 Å². The van der Waals surface area contributed by atoms with Gasteiger partial charge in [0.1, 0.15) is 0 Å². The summed E-state index contributed by atoms with van der Waals surface area (Å²) >= 11 is 8.31. The Balaban J connectivity index is 1.65. The molecule has 3 aromatic rings. The zero-order valence-corrected chi connectivity index (χ0v) is 18.1. The minimum atomic E-state index is -0.191. The van der Waals surface area contributed by atoms with Gasteiger partial charge < -0.3 is 0 Å². The van der Waals surface area contributed by atoms with Crippen molar-refractivity contribution in [3.8, 4) is 0 Å². The van der Waals surface area contributed by atoms with E-state index in [9.17, 15) is 0 Å². The van der Waals surface area contributed by atoms with Gasteiger partial charge in [0, 0.05) is 17.8 Å². The van der Waals surface area contributed by atoms with E-state index in [1.54, 1.807) is 0 Å². The van der Waals surface area contributed by atoms with Gasteiger partial charge in [-0.1, -0.05) is 100 Å². The number of hydrogen-bond acceptors (Lipinski definition) is 1. The van der Waals surface area contributed by atoms with E-state index in [4.69, 9.17) is 0 Å². The molecule has 0 bridgehead atoms. The molecule has 0 saturated carbocycles. The summed E-state index contributed by atoms with van der Waals surface area (Å²) < 4.78 is 0. The molecule has 3 heteroatoms. The van der Waals surface area contributed by atoms with Gasteiger partial charge in [-0.05, 0) is 41.5 Å². The van der Waals surface area contributed by atoms with E-state index in [0.717, 1.165) is 11.9 Å². The Kier molecular flexibility index (Phi) is 7.80.